The van der Waals surface area contributed by atoms with E-state index < -0.39 is 0 Å². The number of thioether (sulfide) groups is 1. The molecule has 2 amide bonds. The lowest BCUT2D eigenvalue weighted by atomic mass is 10.4. The highest BCUT2D eigenvalue weighted by molar-refractivity contribution is 7.99. The Morgan fingerprint density at radius 1 is 1.27 bits per heavy atom. The average Bonchev–Trinajstić information content (AvgIpc) is 3.18. The molecule has 0 bridgehead atoms. The number of hydrogen-bond acceptors (Lipinski definition) is 6. The molecule has 0 aliphatic heterocycles. The fourth-order valence-electron chi connectivity index (χ4n) is 1.66. The van der Waals surface area contributed by atoms with Gasteiger partial charge in [-0.3, -0.25) is 25.0 Å². The van der Waals surface area contributed by atoms with Gasteiger partial charge < -0.3 is 4.42 Å². The van der Waals surface area contributed by atoms with Crippen LogP contribution in [0.2, 0.25) is 0 Å². The molecule has 0 aliphatic rings. The standard InChI is InChI=1S/C13H17N5O3S/c1-3-10(19)14-15-11(20)8-22-13-17-16-12(18(13)4-2)9-6-5-7-21-9/h5-7H,3-4,8H2,1-2H3,(H,14,19)(H,15,20). The smallest absolute Gasteiger partial charge is 0.248 e. The van der Waals surface area contributed by atoms with Crippen LogP contribution in [0.4, 0.5) is 0 Å². The molecule has 2 N–H and O–H groups in total. The van der Waals surface area contributed by atoms with E-state index >= 15 is 0 Å². The van der Waals surface area contributed by atoms with Crippen molar-refractivity contribution in [2.24, 2.45) is 0 Å². The van der Waals surface area contributed by atoms with E-state index in [1.54, 1.807) is 25.3 Å². The number of aromatic nitrogens is 3. The third-order valence-corrected chi connectivity index (χ3v) is 3.74. The van der Waals surface area contributed by atoms with Gasteiger partial charge in [0.05, 0.1) is 12.0 Å². The van der Waals surface area contributed by atoms with E-state index in [-0.39, 0.29) is 17.6 Å². The predicted molar refractivity (Wildman–Crippen MR) is 80.7 cm³/mol. The molecule has 2 aromatic heterocycles. The molecule has 0 aromatic carbocycles. The van der Waals surface area contributed by atoms with Crippen molar-refractivity contribution in [1.82, 2.24) is 25.6 Å². The fraction of sp³-hybridized carbons (Fsp3) is 0.385. The first-order valence-electron chi connectivity index (χ1n) is 6.83. The molecular weight excluding hydrogens is 306 g/mol. The molecule has 8 nitrogen and oxygen atoms in total. The Bertz CT molecular complexity index is 638. The number of carbonyl (C=O) groups is 2. The molecule has 2 heterocycles. The number of amides is 2. The number of nitrogens with zero attached hydrogens (tertiary/aromatic N) is 3. The zero-order chi connectivity index (χ0) is 15.9. The molecule has 2 rings (SSSR count). The van der Waals surface area contributed by atoms with Gasteiger partial charge in [-0.1, -0.05) is 18.7 Å². The quantitative estimate of drug-likeness (QED) is 0.612. The lowest BCUT2D eigenvalue weighted by Crippen LogP contribution is -2.42. The zero-order valence-electron chi connectivity index (χ0n) is 12.3. The first kappa shape index (κ1) is 16.1. The Morgan fingerprint density at radius 2 is 2.05 bits per heavy atom. The van der Waals surface area contributed by atoms with E-state index in [1.165, 1.54) is 11.8 Å². The first-order chi connectivity index (χ1) is 10.7. The van der Waals surface area contributed by atoms with Crippen molar-refractivity contribution >= 4 is 23.6 Å². The number of nitrogens with one attached hydrogen (secondary N) is 2. The Morgan fingerprint density at radius 3 is 2.68 bits per heavy atom. The molecule has 0 saturated heterocycles. The van der Waals surface area contributed by atoms with E-state index in [9.17, 15) is 9.59 Å². The van der Waals surface area contributed by atoms with Gasteiger partial charge in [0.15, 0.2) is 16.7 Å². The van der Waals surface area contributed by atoms with Gasteiger partial charge in [-0.05, 0) is 19.1 Å². The minimum atomic E-state index is -0.308. The third kappa shape index (κ3) is 3.88. The fourth-order valence-corrected chi connectivity index (χ4v) is 2.46. The van der Waals surface area contributed by atoms with Crippen molar-refractivity contribution in [3.05, 3.63) is 18.4 Å². The van der Waals surface area contributed by atoms with Crippen molar-refractivity contribution in [3.63, 3.8) is 0 Å². The first-order valence-corrected chi connectivity index (χ1v) is 7.81. The molecule has 0 spiro atoms. The van der Waals surface area contributed by atoms with E-state index in [1.807, 2.05) is 11.5 Å². The normalized spacial score (nSPS) is 10.5. The van der Waals surface area contributed by atoms with Crippen molar-refractivity contribution in [2.45, 2.75) is 32.0 Å². The maximum Gasteiger partial charge on any atom is 0.248 e. The summed E-state index contributed by atoms with van der Waals surface area (Å²) in [4.78, 5) is 22.7. The third-order valence-electron chi connectivity index (χ3n) is 2.77. The second-order valence-electron chi connectivity index (χ2n) is 4.27. The lowest BCUT2D eigenvalue weighted by Gasteiger charge is -2.07. The Hall–Kier alpha value is -2.29. The monoisotopic (exact) mass is 323 g/mol. The van der Waals surface area contributed by atoms with Gasteiger partial charge in [-0.15, -0.1) is 10.2 Å². The van der Waals surface area contributed by atoms with E-state index in [4.69, 9.17) is 4.42 Å². The van der Waals surface area contributed by atoms with Gasteiger partial charge in [0.25, 0.3) is 0 Å². The molecule has 0 unspecified atom stereocenters. The van der Waals surface area contributed by atoms with Gasteiger partial charge in [0.1, 0.15) is 0 Å². The van der Waals surface area contributed by atoms with E-state index in [0.29, 0.717) is 29.7 Å². The molecule has 0 fully saturated rings. The number of carbonyl (C=O) groups excluding carboxylic acids is 2. The second kappa shape index (κ2) is 7.64. The minimum Gasteiger partial charge on any atom is -0.461 e. The summed E-state index contributed by atoms with van der Waals surface area (Å²) in [6.45, 7) is 4.32. The summed E-state index contributed by atoms with van der Waals surface area (Å²) >= 11 is 1.24. The predicted octanol–water partition coefficient (Wildman–Crippen LogP) is 1.21. The van der Waals surface area contributed by atoms with Gasteiger partial charge >= 0.3 is 0 Å². The average molecular weight is 323 g/mol. The summed E-state index contributed by atoms with van der Waals surface area (Å²) in [5, 5.41) is 8.78. The maximum atomic E-state index is 11.6. The highest BCUT2D eigenvalue weighted by Crippen LogP contribution is 2.23. The molecule has 0 atom stereocenters. The molecule has 118 valence electrons. The summed E-state index contributed by atoms with van der Waals surface area (Å²) < 4.78 is 7.18. The number of furan rings is 1. The number of hydrazine groups is 1. The van der Waals surface area contributed by atoms with E-state index in [2.05, 4.69) is 21.0 Å². The van der Waals surface area contributed by atoms with Crippen molar-refractivity contribution < 1.29 is 14.0 Å². The topological polar surface area (TPSA) is 102 Å². The summed E-state index contributed by atoms with van der Waals surface area (Å²) in [6, 6.07) is 3.58. The SMILES string of the molecule is CCC(=O)NNC(=O)CSc1nnc(-c2ccco2)n1CC. The molecule has 9 heteroatoms. The summed E-state index contributed by atoms with van der Waals surface area (Å²) in [5.41, 5.74) is 4.66. The van der Waals surface area contributed by atoms with Crippen LogP contribution < -0.4 is 10.9 Å². The summed E-state index contributed by atoms with van der Waals surface area (Å²) in [5.74, 6) is 0.822. The molecule has 0 saturated carbocycles. The highest BCUT2D eigenvalue weighted by Gasteiger charge is 2.16. The molecule has 22 heavy (non-hydrogen) atoms. The number of rotatable bonds is 6. The maximum absolute atomic E-state index is 11.6. The van der Waals surface area contributed by atoms with Crippen LogP contribution in [0.25, 0.3) is 11.6 Å². The van der Waals surface area contributed by atoms with Gasteiger partial charge in [-0.25, -0.2) is 0 Å². The highest BCUT2D eigenvalue weighted by atomic mass is 32.2. The van der Waals surface area contributed by atoms with Crippen LogP contribution in [-0.2, 0) is 16.1 Å². The Labute approximate surface area is 131 Å². The van der Waals surface area contributed by atoms with Crippen molar-refractivity contribution in [2.75, 3.05) is 5.75 Å². The van der Waals surface area contributed by atoms with Crippen LogP contribution in [-0.4, -0.2) is 32.3 Å². The van der Waals surface area contributed by atoms with Crippen molar-refractivity contribution in [3.8, 4) is 11.6 Å². The Kier molecular flexibility index (Phi) is 5.59. The van der Waals surface area contributed by atoms with Gasteiger partial charge in [0.2, 0.25) is 11.8 Å². The van der Waals surface area contributed by atoms with Crippen LogP contribution in [0.5, 0.6) is 0 Å². The summed E-state index contributed by atoms with van der Waals surface area (Å²) in [6.07, 6.45) is 1.88. The zero-order valence-corrected chi connectivity index (χ0v) is 13.1. The molecule has 0 radical (unpaired) electrons. The summed E-state index contributed by atoms with van der Waals surface area (Å²) in [7, 11) is 0. The molecule has 2 aromatic rings. The molecule has 0 aliphatic carbocycles. The van der Waals surface area contributed by atoms with Crippen molar-refractivity contribution in [1.29, 1.82) is 0 Å². The van der Waals surface area contributed by atoms with Gasteiger partial charge in [-0.2, -0.15) is 0 Å². The lowest BCUT2D eigenvalue weighted by molar-refractivity contribution is -0.127. The van der Waals surface area contributed by atoms with E-state index in [0.717, 1.165) is 0 Å². The van der Waals surface area contributed by atoms with Crippen LogP contribution in [0.3, 0.4) is 0 Å². The van der Waals surface area contributed by atoms with Gasteiger partial charge in [0, 0.05) is 13.0 Å². The van der Waals surface area contributed by atoms with Crippen LogP contribution in [0.15, 0.2) is 28.0 Å². The largest absolute Gasteiger partial charge is 0.461 e. The van der Waals surface area contributed by atoms with Crippen LogP contribution in [0.1, 0.15) is 20.3 Å². The van der Waals surface area contributed by atoms with Crippen LogP contribution in [0, 0.1) is 0 Å². The number of hydrogen-bond donors (Lipinski definition) is 2. The minimum absolute atomic E-state index is 0.125. The van der Waals surface area contributed by atoms with Crippen LogP contribution >= 0.6 is 11.8 Å². The molecular formula is C13H17N5O3S. The Balaban J connectivity index is 1.96. The second-order valence-corrected chi connectivity index (χ2v) is 5.21.